The van der Waals surface area contributed by atoms with Gasteiger partial charge in [-0.05, 0) is 37.3 Å². The summed E-state index contributed by atoms with van der Waals surface area (Å²) in [4.78, 5) is 11.9. The van der Waals surface area contributed by atoms with Crippen LogP contribution in [0.25, 0.3) is 0 Å². The Morgan fingerprint density at radius 2 is 1.95 bits per heavy atom. The van der Waals surface area contributed by atoms with E-state index < -0.39 is 11.6 Å². The third-order valence-electron chi connectivity index (χ3n) is 4.29. The third kappa shape index (κ3) is 2.48. The van der Waals surface area contributed by atoms with Gasteiger partial charge in [-0.1, -0.05) is 12.5 Å². The molecule has 2 saturated carbocycles. The summed E-state index contributed by atoms with van der Waals surface area (Å²) in [5, 5.41) is 2.90. The molecule has 2 nitrogen and oxygen atoms in total. The molecule has 0 aromatic heterocycles. The second-order valence-electron chi connectivity index (χ2n) is 5.63. The number of hydrogen-bond acceptors (Lipinski definition) is 1. The van der Waals surface area contributed by atoms with Gasteiger partial charge in [-0.2, -0.15) is 0 Å². The third-order valence-corrected chi connectivity index (χ3v) is 4.29. The van der Waals surface area contributed by atoms with Gasteiger partial charge >= 0.3 is 0 Å². The Morgan fingerprint density at radius 3 is 2.53 bits per heavy atom. The summed E-state index contributed by atoms with van der Waals surface area (Å²) in [5.74, 6) is -1.08. The number of halogens is 2. The quantitative estimate of drug-likeness (QED) is 0.891. The average Bonchev–Trinajstić information content (AvgIpc) is 3.06. The zero-order valence-electron chi connectivity index (χ0n) is 10.7. The van der Waals surface area contributed by atoms with Gasteiger partial charge in [0.05, 0.1) is 0 Å². The van der Waals surface area contributed by atoms with E-state index in [1.807, 2.05) is 0 Å². The minimum Gasteiger partial charge on any atom is -0.356 e. The lowest BCUT2D eigenvalue weighted by Gasteiger charge is -2.25. The molecule has 2 atom stereocenters. The summed E-state index contributed by atoms with van der Waals surface area (Å²) < 4.78 is 27.2. The Hall–Kier alpha value is -1.45. The molecule has 2 fully saturated rings. The number of amides is 1. The van der Waals surface area contributed by atoms with E-state index >= 15 is 0 Å². The fourth-order valence-corrected chi connectivity index (χ4v) is 2.74. The highest BCUT2D eigenvalue weighted by molar-refractivity contribution is 5.82. The lowest BCUT2D eigenvalue weighted by atomic mass is 9.85. The molecule has 2 aliphatic rings. The molecule has 19 heavy (non-hydrogen) atoms. The molecule has 0 spiro atoms. The number of hydrogen-bond donors (Lipinski definition) is 1. The first-order valence-electron chi connectivity index (χ1n) is 6.88. The Morgan fingerprint density at radius 1 is 1.26 bits per heavy atom. The van der Waals surface area contributed by atoms with E-state index in [1.54, 1.807) is 0 Å². The van der Waals surface area contributed by atoms with Crippen molar-refractivity contribution in [2.24, 2.45) is 11.8 Å². The molecule has 4 heteroatoms. The predicted molar refractivity (Wildman–Crippen MR) is 67.6 cm³/mol. The van der Waals surface area contributed by atoms with Crippen molar-refractivity contribution in [3.8, 4) is 0 Å². The minimum atomic E-state index is -0.542. The van der Waals surface area contributed by atoms with Crippen LogP contribution in [0.4, 0.5) is 8.78 Å². The van der Waals surface area contributed by atoms with Gasteiger partial charge in [-0.3, -0.25) is 4.79 Å². The van der Waals surface area contributed by atoms with E-state index in [2.05, 4.69) is 5.32 Å². The van der Waals surface area contributed by atoms with Crippen molar-refractivity contribution in [1.82, 2.24) is 5.32 Å². The molecule has 0 heterocycles. The minimum absolute atomic E-state index is 0.0560. The normalized spacial score (nSPS) is 25.8. The number of carbonyl (C=O) groups excluding carboxylic acids is 1. The number of rotatable bonds is 4. The van der Waals surface area contributed by atoms with Crippen LogP contribution in [0.3, 0.4) is 0 Å². The van der Waals surface area contributed by atoms with Gasteiger partial charge in [-0.15, -0.1) is 0 Å². The van der Waals surface area contributed by atoms with Crippen LogP contribution >= 0.6 is 0 Å². The number of nitrogens with one attached hydrogen (secondary N) is 1. The molecule has 0 saturated heterocycles. The average molecular weight is 265 g/mol. The first-order valence-corrected chi connectivity index (χ1v) is 6.88. The predicted octanol–water partition coefficient (Wildman–Crippen LogP) is 2.98. The molecule has 1 aromatic rings. The van der Waals surface area contributed by atoms with Gasteiger partial charge in [0.2, 0.25) is 5.91 Å². The van der Waals surface area contributed by atoms with Gasteiger partial charge in [0.1, 0.15) is 11.6 Å². The lowest BCUT2D eigenvalue weighted by Crippen LogP contribution is -2.33. The van der Waals surface area contributed by atoms with E-state index in [0.717, 1.165) is 0 Å². The van der Waals surface area contributed by atoms with Gasteiger partial charge in [-0.25, -0.2) is 8.78 Å². The van der Waals surface area contributed by atoms with Gasteiger partial charge in [0, 0.05) is 23.9 Å². The van der Waals surface area contributed by atoms with Crippen molar-refractivity contribution in [3.05, 3.63) is 35.4 Å². The van der Waals surface area contributed by atoms with Crippen LogP contribution < -0.4 is 5.32 Å². The Bertz CT molecular complexity index is 479. The van der Waals surface area contributed by atoms with Crippen molar-refractivity contribution >= 4 is 5.91 Å². The van der Waals surface area contributed by atoms with Gasteiger partial charge in [0.15, 0.2) is 0 Å². The maximum atomic E-state index is 13.6. The molecule has 2 aliphatic carbocycles. The maximum absolute atomic E-state index is 13.6. The molecule has 3 rings (SSSR count). The van der Waals surface area contributed by atoms with Crippen molar-refractivity contribution in [2.75, 3.05) is 6.54 Å². The Labute approximate surface area is 111 Å². The maximum Gasteiger partial charge on any atom is 0.223 e. The second-order valence-corrected chi connectivity index (χ2v) is 5.63. The smallest absolute Gasteiger partial charge is 0.223 e. The van der Waals surface area contributed by atoms with E-state index in [4.69, 9.17) is 0 Å². The van der Waals surface area contributed by atoms with E-state index in [1.165, 1.54) is 37.5 Å². The van der Waals surface area contributed by atoms with E-state index in [-0.39, 0.29) is 23.3 Å². The van der Waals surface area contributed by atoms with Crippen LogP contribution in [0.15, 0.2) is 18.2 Å². The fourth-order valence-electron chi connectivity index (χ4n) is 2.74. The van der Waals surface area contributed by atoms with Crippen LogP contribution in [0.1, 0.15) is 37.2 Å². The summed E-state index contributed by atoms with van der Waals surface area (Å²) in [6.07, 6.45) is 4.15. The summed E-state index contributed by atoms with van der Waals surface area (Å²) in [5.41, 5.74) is 0.0753. The second kappa shape index (κ2) is 4.91. The van der Waals surface area contributed by atoms with E-state index in [9.17, 15) is 13.6 Å². The lowest BCUT2D eigenvalue weighted by molar-refractivity contribution is -0.122. The zero-order valence-corrected chi connectivity index (χ0v) is 10.7. The highest BCUT2D eigenvalue weighted by atomic mass is 19.1. The SMILES string of the molecule is O=C(NCC1CCC1)C1CC1c1c(F)cccc1F. The molecule has 1 N–H and O–H groups in total. The van der Waals surface area contributed by atoms with Crippen LogP contribution in [0.5, 0.6) is 0 Å². The molecule has 2 unspecified atom stereocenters. The molecular formula is C15H17F2NO. The largest absolute Gasteiger partial charge is 0.356 e. The van der Waals surface area contributed by atoms with Gasteiger partial charge in [0.25, 0.3) is 0 Å². The van der Waals surface area contributed by atoms with Crippen molar-refractivity contribution in [2.45, 2.75) is 31.6 Å². The molecule has 1 aromatic carbocycles. The summed E-state index contributed by atoms with van der Waals surface area (Å²) in [6, 6.07) is 3.85. The topological polar surface area (TPSA) is 29.1 Å². The Kier molecular flexibility index (Phi) is 3.25. The molecular weight excluding hydrogens is 248 g/mol. The first kappa shape index (κ1) is 12.6. The van der Waals surface area contributed by atoms with E-state index in [0.29, 0.717) is 18.9 Å². The monoisotopic (exact) mass is 265 g/mol. The van der Waals surface area contributed by atoms with Crippen LogP contribution in [-0.2, 0) is 4.79 Å². The molecule has 0 radical (unpaired) electrons. The highest BCUT2D eigenvalue weighted by Gasteiger charge is 2.46. The van der Waals surface area contributed by atoms with Crippen LogP contribution in [-0.4, -0.2) is 12.5 Å². The fraction of sp³-hybridized carbons (Fsp3) is 0.533. The number of carbonyl (C=O) groups is 1. The molecule has 102 valence electrons. The number of benzene rings is 1. The summed E-state index contributed by atoms with van der Waals surface area (Å²) in [7, 11) is 0. The highest BCUT2D eigenvalue weighted by Crippen LogP contribution is 2.49. The van der Waals surface area contributed by atoms with Crippen molar-refractivity contribution in [3.63, 3.8) is 0 Å². The molecule has 0 bridgehead atoms. The summed E-state index contributed by atoms with van der Waals surface area (Å²) >= 11 is 0. The molecule has 1 amide bonds. The summed E-state index contributed by atoms with van der Waals surface area (Å²) in [6.45, 7) is 0.710. The van der Waals surface area contributed by atoms with Gasteiger partial charge < -0.3 is 5.32 Å². The molecule has 0 aliphatic heterocycles. The van der Waals surface area contributed by atoms with Crippen molar-refractivity contribution in [1.29, 1.82) is 0 Å². The van der Waals surface area contributed by atoms with Crippen LogP contribution in [0, 0.1) is 23.5 Å². The Balaban J connectivity index is 1.59. The first-order chi connectivity index (χ1) is 9.16. The zero-order chi connectivity index (χ0) is 13.4. The van der Waals surface area contributed by atoms with Crippen LogP contribution in [0.2, 0.25) is 0 Å². The standard InChI is InChI=1S/C15H17F2NO/c16-12-5-2-6-13(17)14(12)10-7-11(10)15(19)18-8-9-3-1-4-9/h2,5-6,9-11H,1,3-4,7-8H2,(H,18,19). The van der Waals surface area contributed by atoms with Crippen molar-refractivity contribution < 1.29 is 13.6 Å².